The van der Waals surface area contributed by atoms with E-state index < -0.39 is 0 Å². The summed E-state index contributed by atoms with van der Waals surface area (Å²) >= 11 is 0. The van der Waals surface area contributed by atoms with Crippen LogP contribution in [-0.2, 0) is 0 Å². The van der Waals surface area contributed by atoms with Crippen LogP contribution in [0.15, 0.2) is 18.2 Å². The summed E-state index contributed by atoms with van der Waals surface area (Å²) in [5, 5.41) is 0. The Morgan fingerprint density at radius 2 is 2.12 bits per heavy atom. The predicted octanol–water partition coefficient (Wildman–Crippen LogP) is 2.65. The van der Waals surface area contributed by atoms with Gasteiger partial charge in [-0.3, -0.25) is 0 Å². The van der Waals surface area contributed by atoms with Crippen LogP contribution in [0.4, 0.5) is 0 Å². The molecule has 3 nitrogen and oxygen atoms in total. The van der Waals surface area contributed by atoms with E-state index in [1.165, 1.54) is 0 Å². The molecule has 1 heterocycles. The highest BCUT2D eigenvalue weighted by atomic mass is 16.5. The van der Waals surface area contributed by atoms with Crippen molar-refractivity contribution in [2.75, 3.05) is 6.61 Å². The highest BCUT2D eigenvalue weighted by Crippen LogP contribution is 2.34. The van der Waals surface area contributed by atoms with E-state index in [0.29, 0.717) is 6.61 Å². The Balaban J connectivity index is 2.27. The van der Waals surface area contributed by atoms with Crippen LogP contribution in [0.3, 0.4) is 0 Å². The maximum absolute atomic E-state index is 6.04. The molecule has 0 radical (unpaired) electrons. The number of ether oxygens (including phenoxy) is 2. The first-order chi connectivity index (χ1) is 7.46. The standard InChI is InChI=1S/C13H19NO2/c1-13(2,3)16-9-4-5-12-10(8-9)11(14)6-7-15-12/h4-5,8,11H,6-7,14H2,1-3H3/t11-/m0/s1. The van der Waals surface area contributed by atoms with Gasteiger partial charge in [0, 0.05) is 18.0 Å². The Bertz CT molecular complexity index is 382. The van der Waals surface area contributed by atoms with Crippen LogP contribution in [0, 0.1) is 0 Å². The molecule has 0 bridgehead atoms. The highest BCUT2D eigenvalue weighted by molar-refractivity contribution is 5.43. The molecule has 1 aliphatic rings. The van der Waals surface area contributed by atoms with Gasteiger partial charge in [-0.1, -0.05) is 0 Å². The second-order valence-electron chi connectivity index (χ2n) is 5.16. The van der Waals surface area contributed by atoms with E-state index in [4.69, 9.17) is 15.2 Å². The molecule has 1 aromatic rings. The summed E-state index contributed by atoms with van der Waals surface area (Å²) in [5.74, 6) is 1.74. The minimum Gasteiger partial charge on any atom is -0.493 e. The lowest BCUT2D eigenvalue weighted by atomic mass is 10.0. The average molecular weight is 221 g/mol. The van der Waals surface area contributed by atoms with Crippen molar-refractivity contribution in [1.29, 1.82) is 0 Å². The van der Waals surface area contributed by atoms with Gasteiger partial charge in [0.05, 0.1) is 6.61 Å². The number of fused-ring (bicyclic) bond motifs is 1. The molecular formula is C13H19NO2. The molecule has 0 aliphatic carbocycles. The van der Waals surface area contributed by atoms with Gasteiger partial charge in [0.1, 0.15) is 17.1 Å². The molecule has 1 aromatic carbocycles. The van der Waals surface area contributed by atoms with E-state index in [9.17, 15) is 0 Å². The largest absolute Gasteiger partial charge is 0.493 e. The fourth-order valence-electron chi connectivity index (χ4n) is 1.82. The van der Waals surface area contributed by atoms with Gasteiger partial charge in [-0.2, -0.15) is 0 Å². The molecule has 0 amide bonds. The summed E-state index contributed by atoms with van der Waals surface area (Å²) < 4.78 is 11.3. The van der Waals surface area contributed by atoms with E-state index in [0.717, 1.165) is 23.5 Å². The molecule has 1 aliphatic heterocycles. The molecule has 0 spiro atoms. The zero-order valence-corrected chi connectivity index (χ0v) is 10.1. The highest BCUT2D eigenvalue weighted by Gasteiger charge is 2.20. The Kier molecular flexibility index (Phi) is 2.80. The van der Waals surface area contributed by atoms with Crippen LogP contribution in [0.2, 0.25) is 0 Å². The van der Waals surface area contributed by atoms with Gasteiger partial charge in [-0.05, 0) is 39.0 Å². The first kappa shape index (κ1) is 11.3. The van der Waals surface area contributed by atoms with Crippen molar-refractivity contribution in [2.24, 2.45) is 5.73 Å². The van der Waals surface area contributed by atoms with Gasteiger partial charge in [0.2, 0.25) is 0 Å². The molecule has 0 fully saturated rings. The Morgan fingerprint density at radius 3 is 2.81 bits per heavy atom. The quantitative estimate of drug-likeness (QED) is 0.793. The summed E-state index contributed by atoms with van der Waals surface area (Å²) in [6.45, 7) is 6.79. The molecule has 0 unspecified atom stereocenters. The first-order valence-electron chi connectivity index (χ1n) is 5.67. The zero-order chi connectivity index (χ0) is 11.8. The number of benzene rings is 1. The van der Waals surface area contributed by atoms with E-state index in [2.05, 4.69) is 0 Å². The number of hydrogen-bond donors (Lipinski definition) is 1. The maximum Gasteiger partial charge on any atom is 0.124 e. The molecule has 16 heavy (non-hydrogen) atoms. The van der Waals surface area contributed by atoms with Gasteiger partial charge in [0.25, 0.3) is 0 Å². The SMILES string of the molecule is CC(C)(C)Oc1ccc2c(c1)[C@@H](N)CCO2. The zero-order valence-electron chi connectivity index (χ0n) is 10.1. The third-order valence-corrected chi connectivity index (χ3v) is 2.49. The van der Waals surface area contributed by atoms with Crippen LogP contribution in [0.25, 0.3) is 0 Å². The summed E-state index contributed by atoms with van der Waals surface area (Å²) in [7, 11) is 0. The van der Waals surface area contributed by atoms with Gasteiger partial charge in [-0.25, -0.2) is 0 Å². The molecule has 2 rings (SSSR count). The second kappa shape index (κ2) is 3.98. The molecular weight excluding hydrogens is 202 g/mol. The second-order valence-corrected chi connectivity index (χ2v) is 5.16. The van der Waals surface area contributed by atoms with Crippen molar-refractivity contribution in [1.82, 2.24) is 0 Å². The van der Waals surface area contributed by atoms with Crippen molar-refractivity contribution < 1.29 is 9.47 Å². The van der Waals surface area contributed by atoms with Gasteiger partial charge >= 0.3 is 0 Å². The molecule has 1 atom stereocenters. The molecule has 0 saturated carbocycles. The molecule has 3 heteroatoms. The van der Waals surface area contributed by atoms with Crippen molar-refractivity contribution >= 4 is 0 Å². The van der Waals surface area contributed by atoms with Crippen molar-refractivity contribution in [3.63, 3.8) is 0 Å². The summed E-state index contributed by atoms with van der Waals surface area (Å²) in [5.41, 5.74) is 6.91. The third kappa shape index (κ3) is 2.47. The Hall–Kier alpha value is -1.22. The lowest BCUT2D eigenvalue weighted by molar-refractivity contribution is 0.130. The van der Waals surface area contributed by atoms with Crippen LogP contribution >= 0.6 is 0 Å². The summed E-state index contributed by atoms with van der Waals surface area (Å²) in [6.07, 6.45) is 0.867. The number of nitrogens with two attached hydrogens (primary N) is 1. The predicted molar refractivity (Wildman–Crippen MR) is 63.9 cm³/mol. The number of rotatable bonds is 1. The minimum atomic E-state index is -0.187. The smallest absolute Gasteiger partial charge is 0.124 e. The van der Waals surface area contributed by atoms with Crippen LogP contribution < -0.4 is 15.2 Å². The average Bonchev–Trinajstić information content (AvgIpc) is 2.17. The monoisotopic (exact) mass is 221 g/mol. The molecule has 2 N–H and O–H groups in total. The topological polar surface area (TPSA) is 44.5 Å². The van der Waals surface area contributed by atoms with E-state index in [1.807, 2.05) is 39.0 Å². The van der Waals surface area contributed by atoms with Crippen molar-refractivity contribution in [2.45, 2.75) is 38.8 Å². The van der Waals surface area contributed by atoms with E-state index >= 15 is 0 Å². The van der Waals surface area contributed by atoms with Crippen molar-refractivity contribution in [3.8, 4) is 11.5 Å². The first-order valence-corrected chi connectivity index (χ1v) is 5.67. The molecule has 88 valence electrons. The normalized spacial score (nSPS) is 19.9. The van der Waals surface area contributed by atoms with Crippen LogP contribution in [0.5, 0.6) is 11.5 Å². The lowest BCUT2D eigenvalue weighted by Gasteiger charge is -2.26. The maximum atomic E-state index is 6.04. The minimum absolute atomic E-state index is 0.0623. The van der Waals surface area contributed by atoms with Gasteiger partial charge < -0.3 is 15.2 Å². The fraction of sp³-hybridized carbons (Fsp3) is 0.538. The van der Waals surface area contributed by atoms with Crippen LogP contribution in [-0.4, -0.2) is 12.2 Å². The Labute approximate surface area is 96.5 Å². The van der Waals surface area contributed by atoms with Crippen molar-refractivity contribution in [3.05, 3.63) is 23.8 Å². The summed E-state index contributed by atoms with van der Waals surface area (Å²) in [6, 6.07) is 5.93. The van der Waals surface area contributed by atoms with Gasteiger partial charge in [0.15, 0.2) is 0 Å². The Morgan fingerprint density at radius 1 is 1.38 bits per heavy atom. The molecule has 0 saturated heterocycles. The third-order valence-electron chi connectivity index (χ3n) is 2.49. The van der Waals surface area contributed by atoms with Crippen LogP contribution in [0.1, 0.15) is 38.8 Å². The summed E-state index contributed by atoms with van der Waals surface area (Å²) in [4.78, 5) is 0. The van der Waals surface area contributed by atoms with E-state index in [-0.39, 0.29) is 11.6 Å². The number of hydrogen-bond acceptors (Lipinski definition) is 3. The van der Waals surface area contributed by atoms with Gasteiger partial charge in [-0.15, -0.1) is 0 Å². The molecule has 0 aromatic heterocycles. The lowest BCUT2D eigenvalue weighted by Crippen LogP contribution is -2.24. The van der Waals surface area contributed by atoms with E-state index in [1.54, 1.807) is 0 Å². The fourth-order valence-corrected chi connectivity index (χ4v) is 1.82.